The maximum absolute atomic E-state index is 3.68. The van der Waals surface area contributed by atoms with Crippen molar-refractivity contribution in [2.75, 3.05) is 6.54 Å². The fourth-order valence-corrected chi connectivity index (χ4v) is 5.89. The molecular weight excluding hydrogens is 581 g/mol. The first-order chi connectivity index (χ1) is 9.52. The van der Waals surface area contributed by atoms with Gasteiger partial charge in [0.15, 0.2) is 0 Å². The number of thiophene rings is 1. The van der Waals surface area contributed by atoms with Gasteiger partial charge in [-0.25, -0.2) is 0 Å². The average Bonchev–Trinajstić information content (AvgIpc) is 2.73. The quantitative estimate of drug-likeness (QED) is 0.379. The molecule has 1 aromatic carbocycles. The van der Waals surface area contributed by atoms with E-state index >= 15 is 0 Å². The van der Waals surface area contributed by atoms with E-state index in [2.05, 4.69) is 107 Å². The Hall–Kier alpha value is 1.05. The van der Waals surface area contributed by atoms with Gasteiger partial charge in [0, 0.05) is 8.04 Å². The number of hydrogen-bond donors (Lipinski definition) is 1. The Balaban J connectivity index is 2.46. The minimum atomic E-state index is 0.205. The van der Waals surface area contributed by atoms with Gasteiger partial charge in [-0.05, 0) is 103 Å². The van der Waals surface area contributed by atoms with Crippen molar-refractivity contribution in [2.24, 2.45) is 0 Å². The van der Waals surface area contributed by atoms with E-state index < -0.39 is 0 Å². The number of hydrogen-bond acceptors (Lipinski definition) is 2. The van der Waals surface area contributed by atoms with Crippen LogP contribution >= 0.6 is 81.7 Å². The van der Waals surface area contributed by atoms with Crippen LogP contribution in [0.1, 0.15) is 30.5 Å². The fraction of sp³-hybridized carbons (Fsp3) is 0.286. The van der Waals surface area contributed by atoms with Crippen LogP contribution in [0.3, 0.4) is 0 Å². The first-order valence-electron chi connectivity index (χ1n) is 6.16. The first kappa shape index (κ1) is 17.4. The lowest BCUT2D eigenvalue weighted by atomic mass is 10.0. The summed E-state index contributed by atoms with van der Waals surface area (Å²) in [5.41, 5.74) is 2.59. The molecule has 2 aromatic rings. The van der Waals surface area contributed by atoms with Crippen LogP contribution in [0, 0.1) is 3.57 Å². The van der Waals surface area contributed by atoms with Gasteiger partial charge in [-0.1, -0.05) is 22.9 Å². The molecule has 1 atom stereocenters. The highest BCUT2D eigenvalue weighted by Gasteiger charge is 2.21. The van der Waals surface area contributed by atoms with E-state index in [9.17, 15) is 0 Å². The molecule has 1 heterocycles. The molecule has 2 rings (SSSR count). The summed E-state index contributed by atoms with van der Waals surface area (Å²) in [6.07, 6.45) is 1.12. The van der Waals surface area contributed by atoms with E-state index in [0.717, 1.165) is 21.2 Å². The molecule has 0 fully saturated rings. The maximum atomic E-state index is 3.68. The van der Waals surface area contributed by atoms with Crippen LogP contribution < -0.4 is 5.32 Å². The second-order valence-electron chi connectivity index (χ2n) is 4.33. The molecule has 1 aromatic heterocycles. The molecule has 108 valence electrons. The zero-order valence-corrected chi connectivity index (χ0v) is 18.5. The highest BCUT2D eigenvalue weighted by atomic mass is 127. The van der Waals surface area contributed by atoms with Crippen LogP contribution in [0.4, 0.5) is 0 Å². The molecule has 0 aliphatic rings. The summed E-state index contributed by atoms with van der Waals surface area (Å²) >= 11 is 15.0. The van der Waals surface area contributed by atoms with Crippen LogP contribution in [0.15, 0.2) is 36.3 Å². The molecular formula is C14H13Br3INS. The summed E-state index contributed by atoms with van der Waals surface area (Å²) in [5, 5.41) is 3.65. The predicted octanol–water partition coefficient (Wildman–Crippen LogP) is 6.73. The second-order valence-corrected chi connectivity index (χ2v) is 10.2. The molecule has 0 aliphatic carbocycles. The molecule has 0 spiro atoms. The minimum absolute atomic E-state index is 0.205. The molecule has 0 saturated heterocycles. The van der Waals surface area contributed by atoms with Gasteiger partial charge in [0.05, 0.1) is 13.6 Å². The van der Waals surface area contributed by atoms with Gasteiger partial charge in [-0.2, -0.15) is 0 Å². The molecule has 0 saturated carbocycles. The summed E-state index contributed by atoms with van der Waals surface area (Å²) in [5.74, 6) is 0. The third-order valence-electron chi connectivity index (χ3n) is 2.86. The largest absolute Gasteiger partial charge is 0.306 e. The van der Waals surface area contributed by atoms with Gasteiger partial charge in [-0.3, -0.25) is 0 Å². The van der Waals surface area contributed by atoms with Gasteiger partial charge >= 0.3 is 0 Å². The fourth-order valence-electron chi connectivity index (χ4n) is 1.96. The van der Waals surface area contributed by atoms with Crippen LogP contribution in [0.25, 0.3) is 0 Å². The highest BCUT2D eigenvalue weighted by molar-refractivity contribution is 14.1. The van der Waals surface area contributed by atoms with E-state index in [1.54, 1.807) is 11.3 Å². The summed E-state index contributed by atoms with van der Waals surface area (Å²) in [6, 6.07) is 8.83. The first-order valence-corrected chi connectivity index (χ1v) is 10.4. The van der Waals surface area contributed by atoms with Crippen molar-refractivity contribution in [1.82, 2.24) is 5.32 Å². The van der Waals surface area contributed by atoms with Gasteiger partial charge in [-0.15, -0.1) is 11.3 Å². The summed E-state index contributed by atoms with van der Waals surface area (Å²) in [4.78, 5) is 0. The number of benzene rings is 1. The SMILES string of the molecule is CCCNC(c1cc(Br)ccc1I)c1cc(Br)sc1Br. The van der Waals surface area contributed by atoms with Crippen LogP contribution in [0.5, 0.6) is 0 Å². The van der Waals surface area contributed by atoms with Gasteiger partial charge in [0.2, 0.25) is 0 Å². The van der Waals surface area contributed by atoms with Crippen molar-refractivity contribution in [3.05, 3.63) is 51.0 Å². The van der Waals surface area contributed by atoms with Crippen molar-refractivity contribution in [2.45, 2.75) is 19.4 Å². The molecule has 20 heavy (non-hydrogen) atoms. The zero-order valence-electron chi connectivity index (χ0n) is 10.7. The molecule has 0 amide bonds. The summed E-state index contributed by atoms with van der Waals surface area (Å²) in [7, 11) is 0. The predicted molar refractivity (Wildman–Crippen MR) is 107 cm³/mol. The third kappa shape index (κ3) is 4.29. The van der Waals surface area contributed by atoms with E-state index in [1.165, 1.54) is 18.5 Å². The van der Waals surface area contributed by atoms with Crippen molar-refractivity contribution in [1.29, 1.82) is 0 Å². The van der Waals surface area contributed by atoms with Crippen molar-refractivity contribution in [3.63, 3.8) is 0 Å². The maximum Gasteiger partial charge on any atom is 0.0761 e. The lowest BCUT2D eigenvalue weighted by molar-refractivity contribution is 0.596. The normalized spacial score (nSPS) is 12.7. The minimum Gasteiger partial charge on any atom is -0.306 e. The molecule has 6 heteroatoms. The summed E-state index contributed by atoms with van der Waals surface area (Å²) < 4.78 is 4.71. The lowest BCUT2D eigenvalue weighted by Gasteiger charge is -2.20. The van der Waals surface area contributed by atoms with E-state index in [1.807, 2.05) is 0 Å². The van der Waals surface area contributed by atoms with Crippen LogP contribution in [0.2, 0.25) is 0 Å². The van der Waals surface area contributed by atoms with E-state index in [0.29, 0.717) is 0 Å². The monoisotopic (exact) mass is 591 g/mol. The van der Waals surface area contributed by atoms with Gasteiger partial charge < -0.3 is 5.32 Å². The van der Waals surface area contributed by atoms with Gasteiger partial charge in [0.1, 0.15) is 0 Å². The molecule has 0 radical (unpaired) electrons. The van der Waals surface area contributed by atoms with Gasteiger partial charge in [0.25, 0.3) is 0 Å². The second kappa shape index (κ2) is 8.06. The number of nitrogens with one attached hydrogen (secondary N) is 1. The van der Waals surface area contributed by atoms with Crippen molar-refractivity contribution in [3.8, 4) is 0 Å². The molecule has 1 nitrogen and oxygen atoms in total. The Bertz CT molecular complexity index is 600. The van der Waals surface area contributed by atoms with Crippen molar-refractivity contribution < 1.29 is 0 Å². The zero-order chi connectivity index (χ0) is 14.7. The summed E-state index contributed by atoms with van der Waals surface area (Å²) in [6.45, 7) is 3.18. The standard InChI is InChI=1S/C14H13Br3INS/c1-2-5-19-13(10-7-12(16)20-14(10)17)9-6-8(15)3-4-11(9)18/h3-4,6-7,13,19H,2,5H2,1H3. The Morgan fingerprint density at radius 1 is 1.20 bits per heavy atom. The smallest absolute Gasteiger partial charge is 0.0761 e. The lowest BCUT2D eigenvalue weighted by Crippen LogP contribution is -2.23. The molecule has 1 N–H and O–H groups in total. The highest BCUT2D eigenvalue weighted by Crippen LogP contribution is 2.39. The van der Waals surface area contributed by atoms with Crippen molar-refractivity contribution >= 4 is 81.7 Å². The Kier molecular flexibility index (Phi) is 7.01. The Morgan fingerprint density at radius 2 is 1.95 bits per heavy atom. The number of rotatable bonds is 5. The Morgan fingerprint density at radius 3 is 2.55 bits per heavy atom. The van der Waals surface area contributed by atoms with E-state index in [-0.39, 0.29) is 6.04 Å². The average molecular weight is 594 g/mol. The molecule has 0 aliphatic heterocycles. The van der Waals surface area contributed by atoms with Crippen LogP contribution in [-0.2, 0) is 0 Å². The topological polar surface area (TPSA) is 12.0 Å². The molecule has 1 unspecified atom stereocenters. The molecule has 0 bridgehead atoms. The van der Waals surface area contributed by atoms with Crippen LogP contribution in [-0.4, -0.2) is 6.54 Å². The van der Waals surface area contributed by atoms with E-state index in [4.69, 9.17) is 0 Å². The number of halogens is 4. The Labute approximate surface area is 162 Å². The third-order valence-corrected chi connectivity index (χ3v) is 6.72.